The lowest BCUT2D eigenvalue weighted by Crippen LogP contribution is -2.46. The van der Waals surface area contributed by atoms with E-state index in [4.69, 9.17) is 10.5 Å². The Morgan fingerprint density at radius 1 is 1.15 bits per heavy atom. The highest BCUT2D eigenvalue weighted by Crippen LogP contribution is 2.19. The van der Waals surface area contributed by atoms with Gasteiger partial charge in [0.2, 0.25) is 11.8 Å². The first-order valence-electron chi connectivity index (χ1n) is 10.4. The van der Waals surface area contributed by atoms with Gasteiger partial charge in [-0.3, -0.25) is 14.4 Å². The Labute approximate surface area is 201 Å². The molecule has 0 aliphatic rings. The van der Waals surface area contributed by atoms with Crippen molar-refractivity contribution in [2.24, 2.45) is 10.7 Å². The zero-order valence-electron chi connectivity index (χ0n) is 18.4. The lowest BCUT2D eigenvalue weighted by Gasteiger charge is -2.18. The molecule has 34 heavy (non-hydrogen) atoms. The third-order valence-electron chi connectivity index (χ3n) is 4.89. The van der Waals surface area contributed by atoms with Gasteiger partial charge in [0, 0.05) is 29.4 Å². The number of hydrogen-bond acceptors (Lipinski definition) is 7. The summed E-state index contributed by atoms with van der Waals surface area (Å²) in [7, 11) is 0. The molecule has 2 amide bonds. The van der Waals surface area contributed by atoms with Crippen LogP contribution in [-0.2, 0) is 16.0 Å². The van der Waals surface area contributed by atoms with E-state index >= 15 is 0 Å². The molecule has 0 bridgehead atoms. The molecule has 0 spiro atoms. The largest absolute Gasteiger partial charge is 0.490 e. The highest BCUT2D eigenvalue weighted by atomic mass is 32.1. The molecule has 3 rings (SSSR count). The molecule has 0 aliphatic heterocycles. The number of thiocarbonyl (C=S) groups is 1. The van der Waals surface area contributed by atoms with Crippen molar-refractivity contribution in [3.05, 3.63) is 77.9 Å². The molecule has 4 N–H and O–H groups in total. The summed E-state index contributed by atoms with van der Waals surface area (Å²) < 4.78 is 5.78. The van der Waals surface area contributed by atoms with Crippen LogP contribution in [-0.4, -0.2) is 44.9 Å². The molecule has 2 atom stereocenters. The summed E-state index contributed by atoms with van der Waals surface area (Å²) in [6.45, 7) is 1.73. The molecule has 2 aromatic carbocycles. The number of amides is 2. The topological polar surface area (TPSA) is 140 Å². The van der Waals surface area contributed by atoms with E-state index in [0.29, 0.717) is 28.3 Å². The van der Waals surface area contributed by atoms with Crippen molar-refractivity contribution in [1.82, 2.24) is 15.3 Å². The molecule has 0 radical (unpaired) electrons. The van der Waals surface area contributed by atoms with E-state index in [1.54, 1.807) is 61.7 Å². The number of carbonyl (C=O) groups excluding carboxylic acids is 3. The minimum atomic E-state index is -0.860. The highest BCUT2D eigenvalue weighted by molar-refractivity contribution is 7.78. The van der Waals surface area contributed by atoms with E-state index < -0.39 is 18.1 Å². The molecule has 3 aromatic rings. The Morgan fingerprint density at radius 2 is 1.79 bits per heavy atom. The molecule has 0 aliphatic carbocycles. The van der Waals surface area contributed by atoms with Gasteiger partial charge in [0.1, 0.15) is 17.9 Å². The average Bonchev–Trinajstić information content (AvgIpc) is 3.32. The number of nitrogens with zero attached hydrogens (tertiary/aromatic N) is 2. The fourth-order valence-electron chi connectivity index (χ4n) is 3.22. The van der Waals surface area contributed by atoms with E-state index in [0.717, 1.165) is 0 Å². The minimum absolute atomic E-state index is 0.0178. The zero-order valence-corrected chi connectivity index (χ0v) is 19.2. The number of nitrogens with one attached hydrogen (secondary N) is 2. The Hall–Kier alpha value is -4.14. The molecule has 10 heteroatoms. The second-order valence-corrected chi connectivity index (χ2v) is 7.72. The number of primary amides is 1. The van der Waals surface area contributed by atoms with E-state index in [2.05, 4.69) is 37.7 Å². The van der Waals surface area contributed by atoms with Crippen molar-refractivity contribution < 1.29 is 19.1 Å². The molecule has 2 unspecified atom stereocenters. The number of aromatic amines is 1. The quantitative estimate of drug-likeness (QED) is 0.220. The summed E-state index contributed by atoms with van der Waals surface area (Å²) >= 11 is 4.57. The fraction of sp³-hybridized carbons (Fsp3) is 0.208. The number of H-pyrrole nitrogens is 1. The maximum atomic E-state index is 12.7. The second-order valence-electron chi connectivity index (χ2n) is 7.54. The maximum Gasteiger partial charge on any atom is 0.240 e. The molecule has 0 fully saturated rings. The van der Waals surface area contributed by atoms with Gasteiger partial charge in [0.15, 0.2) is 5.78 Å². The summed E-state index contributed by atoms with van der Waals surface area (Å²) in [6, 6.07) is 12.5. The number of aliphatic imine (C=N–C) groups is 1. The first-order valence-corrected chi connectivity index (χ1v) is 10.8. The van der Waals surface area contributed by atoms with Gasteiger partial charge in [-0.2, -0.15) is 4.99 Å². The van der Waals surface area contributed by atoms with Crippen LogP contribution in [0.15, 0.2) is 66.0 Å². The van der Waals surface area contributed by atoms with Crippen LogP contribution >= 0.6 is 12.2 Å². The summed E-state index contributed by atoms with van der Waals surface area (Å²) in [4.78, 5) is 47.3. The number of carbonyl (C=O) groups is 3. The lowest BCUT2D eigenvalue weighted by atomic mass is 10.0. The van der Waals surface area contributed by atoms with E-state index in [-0.39, 0.29) is 24.5 Å². The fourth-order valence-corrected chi connectivity index (χ4v) is 3.32. The van der Waals surface area contributed by atoms with Gasteiger partial charge >= 0.3 is 0 Å². The maximum absolute atomic E-state index is 12.7. The van der Waals surface area contributed by atoms with Crippen LogP contribution in [0.5, 0.6) is 5.75 Å². The minimum Gasteiger partial charge on any atom is -0.490 e. The number of benzene rings is 2. The summed E-state index contributed by atoms with van der Waals surface area (Å²) in [5, 5.41) is 4.90. The van der Waals surface area contributed by atoms with Crippen LogP contribution in [0.1, 0.15) is 35.0 Å². The van der Waals surface area contributed by atoms with Gasteiger partial charge in [-0.1, -0.05) is 0 Å². The molecular weight excluding hydrogens is 454 g/mol. The van der Waals surface area contributed by atoms with E-state index in [1.807, 2.05) is 0 Å². The number of aromatic nitrogens is 2. The van der Waals surface area contributed by atoms with Gasteiger partial charge in [-0.25, -0.2) is 4.98 Å². The normalized spacial score (nSPS) is 12.1. The number of rotatable bonds is 11. The molecular formula is C24H23N5O4S. The van der Waals surface area contributed by atoms with Crippen molar-refractivity contribution in [1.29, 1.82) is 0 Å². The number of imidazole rings is 1. The third kappa shape index (κ3) is 6.93. The predicted molar refractivity (Wildman–Crippen MR) is 129 cm³/mol. The monoisotopic (exact) mass is 477 g/mol. The van der Waals surface area contributed by atoms with Crippen LogP contribution < -0.4 is 15.8 Å². The highest BCUT2D eigenvalue weighted by Gasteiger charge is 2.21. The summed E-state index contributed by atoms with van der Waals surface area (Å²) in [6.07, 6.45) is 2.81. The first kappa shape index (κ1) is 24.5. The molecule has 0 saturated carbocycles. The Morgan fingerprint density at radius 3 is 2.35 bits per heavy atom. The second kappa shape index (κ2) is 11.6. The number of nitrogens with two attached hydrogens (primary N) is 1. The molecule has 174 valence electrons. The SMILES string of the molecule is CC(CC(=O)NC(Cc1cnc[nH]1)C(N)=O)Oc1ccc(C(=O)c2ccc(N=C=S)cc2)cc1. The first-order chi connectivity index (χ1) is 16.4. The predicted octanol–water partition coefficient (Wildman–Crippen LogP) is 2.75. The molecule has 0 saturated heterocycles. The van der Waals surface area contributed by atoms with Gasteiger partial charge in [0.25, 0.3) is 0 Å². The number of ether oxygens (including phenoxy) is 1. The number of ketones is 1. The Bertz CT molecular complexity index is 1190. The smallest absolute Gasteiger partial charge is 0.240 e. The van der Waals surface area contributed by atoms with Gasteiger partial charge in [-0.05, 0) is 67.7 Å². The number of hydrogen-bond donors (Lipinski definition) is 3. The number of isothiocyanates is 1. The van der Waals surface area contributed by atoms with E-state index in [9.17, 15) is 14.4 Å². The van der Waals surface area contributed by atoms with Crippen molar-refractivity contribution in [2.45, 2.75) is 31.9 Å². The summed E-state index contributed by atoms with van der Waals surface area (Å²) in [5.74, 6) is -0.653. The molecule has 1 heterocycles. The van der Waals surface area contributed by atoms with E-state index in [1.165, 1.54) is 6.33 Å². The van der Waals surface area contributed by atoms with Crippen molar-refractivity contribution in [2.75, 3.05) is 0 Å². The van der Waals surface area contributed by atoms with Crippen molar-refractivity contribution >= 4 is 40.7 Å². The van der Waals surface area contributed by atoms with Crippen LogP contribution in [0, 0.1) is 0 Å². The zero-order chi connectivity index (χ0) is 24.5. The van der Waals surface area contributed by atoms with Crippen LogP contribution in [0.3, 0.4) is 0 Å². The van der Waals surface area contributed by atoms with Gasteiger partial charge in [-0.15, -0.1) is 0 Å². The average molecular weight is 478 g/mol. The molecule has 1 aromatic heterocycles. The van der Waals surface area contributed by atoms with Crippen molar-refractivity contribution in [3.8, 4) is 5.75 Å². The molecule has 9 nitrogen and oxygen atoms in total. The lowest BCUT2D eigenvalue weighted by molar-refractivity contribution is -0.128. The summed E-state index contributed by atoms with van der Waals surface area (Å²) in [5.41, 5.74) is 7.71. The van der Waals surface area contributed by atoms with Crippen LogP contribution in [0.2, 0.25) is 0 Å². The third-order valence-corrected chi connectivity index (χ3v) is 4.98. The standard InChI is InChI=1S/C24H23N5O4S/c1-15(10-22(30)29-21(24(25)32)11-19-12-26-13-27-19)33-20-8-4-17(5-9-20)23(31)16-2-6-18(7-3-16)28-14-34/h2-9,12-13,15,21H,10-11H2,1H3,(H2,25,32)(H,26,27)(H,29,30). The van der Waals surface area contributed by atoms with Crippen LogP contribution in [0.4, 0.5) is 5.69 Å². The van der Waals surface area contributed by atoms with Gasteiger partial charge < -0.3 is 20.8 Å². The van der Waals surface area contributed by atoms with Crippen LogP contribution in [0.25, 0.3) is 0 Å². The van der Waals surface area contributed by atoms with Crippen molar-refractivity contribution in [3.63, 3.8) is 0 Å². The van der Waals surface area contributed by atoms with Gasteiger partial charge in [0.05, 0.1) is 23.6 Å². The Balaban J connectivity index is 1.53. The Kier molecular flexibility index (Phi) is 8.39.